The quantitative estimate of drug-likeness (QED) is 0.0311. The van der Waals surface area contributed by atoms with E-state index in [-0.39, 0.29) is 18.7 Å². The number of hydrogen-bond acceptors (Lipinski definition) is 15. The maximum atomic E-state index is 13.6. The van der Waals surface area contributed by atoms with Gasteiger partial charge in [-0.05, 0) is 38.5 Å². The van der Waals surface area contributed by atoms with Crippen LogP contribution in [0.2, 0.25) is 0 Å². The molecular weight excluding hydrogens is 794 g/mol. The van der Waals surface area contributed by atoms with E-state index in [9.17, 15) is 33.6 Å². The van der Waals surface area contributed by atoms with E-state index in [1.165, 1.54) is 46.0 Å². The minimum Gasteiger partial charge on any atom is -0.463 e. The smallest absolute Gasteiger partial charge is 0.303 e. The summed E-state index contributed by atoms with van der Waals surface area (Å²) in [5.41, 5.74) is 0. The molecule has 1 aliphatic heterocycles. The van der Waals surface area contributed by atoms with Crippen molar-refractivity contribution >= 4 is 41.7 Å². The highest BCUT2D eigenvalue weighted by atomic mass is 16.7. The molecule has 0 aromatic rings. The Morgan fingerprint density at radius 3 is 1.64 bits per heavy atom. The van der Waals surface area contributed by atoms with Crippen molar-refractivity contribution in [3.05, 3.63) is 12.2 Å². The van der Waals surface area contributed by atoms with Gasteiger partial charge < -0.3 is 43.2 Å². The van der Waals surface area contributed by atoms with Gasteiger partial charge in [0.2, 0.25) is 5.91 Å². The molecule has 8 unspecified atom stereocenters. The van der Waals surface area contributed by atoms with Gasteiger partial charge in [-0.1, -0.05) is 96.6 Å². The van der Waals surface area contributed by atoms with Crippen LogP contribution in [0.4, 0.5) is 0 Å². The predicted molar refractivity (Wildman–Crippen MR) is 225 cm³/mol. The molecule has 0 bridgehead atoms. The van der Waals surface area contributed by atoms with Crippen molar-refractivity contribution in [2.45, 2.75) is 220 Å². The average molecular weight is 870 g/mol. The Labute approximate surface area is 363 Å². The van der Waals surface area contributed by atoms with Gasteiger partial charge in [-0.25, -0.2) is 0 Å². The molecule has 0 aromatic heterocycles. The van der Waals surface area contributed by atoms with Crippen molar-refractivity contribution in [2.24, 2.45) is 0 Å². The van der Waals surface area contributed by atoms with E-state index in [2.05, 4.69) is 31.3 Å². The molecule has 16 heteroatoms. The maximum Gasteiger partial charge on any atom is 0.303 e. The van der Waals surface area contributed by atoms with Crippen molar-refractivity contribution in [2.75, 3.05) is 13.2 Å². The summed E-state index contributed by atoms with van der Waals surface area (Å²) < 4.78 is 45.7. The molecule has 1 rings (SSSR count). The van der Waals surface area contributed by atoms with E-state index in [0.29, 0.717) is 12.8 Å². The minimum atomic E-state index is -1.58. The molecule has 350 valence electrons. The fraction of sp³-hybridized carbons (Fsp3) is 0.800. The second-order valence-corrected chi connectivity index (χ2v) is 15.6. The number of hydrogen-bond donors (Lipinski definition) is 1. The van der Waals surface area contributed by atoms with Gasteiger partial charge in [-0.3, -0.25) is 33.6 Å². The Bertz CT molecular complexity index is 1350. The molecule has 8 atom stereocenters. The van der Waals surface area contributed by atoms with Crippen molar-refractivity contribution < 1.29 is 71.5 Å². The Hall–Kier alpha value is -4.05. The summed E-state index contributed by atoms with van der Waals surface area (Å²) in [6.07, 6.45) is 11.2. The van der Waals surface area contributed by atoms with Crippen LogP contribution in [0, 0.1) is 0 Å². The number of carbonyl (C=O) groups excluding carboxylic acids is 7. The van der Waals surface area contributed by atoms with E-state index in [1.807, 2.05) is 0 Å². The molecule has 61 heavy (non-hydrogen) atoms. The molecule has 1 amide bonds. The van der Waals surface area contributed by atoms with Crippen molar-refractivity contribution in [3.8, 4) is 0 Å². The van der Waals surface area contributed by atoms with E-state index < -0.39 is 98.0 Å². The third-order valence-corrected chi connectivity index (χ3v) is 9.87. The first-order valence-electron chi connectivity index (χ1n) is 22.3. The van der Waals surface area contributed by atoms with Crippen LogP contribution < -0.4 is 5.32 Å². The molecule has 0 radical (unpaired) electrons. The molecule has 0 spiro atoms. The van der Waals surface area contributed by atoms with Crippen molar-refractivity contribution in [1.29, 1.82) is 0 Å². The zero-order valence-corrected chi connectivity index (χ0v) is 38.0. The maximum absolute atomic E-state index is 13.6. The third-order valence-electron chi connectivity index (χ3n) is 9.87. The minimum absolute atomic E-state index is 0.154. The van der Waals surface area contributed by atoms with Crippen LogP contribution in [0.3, 0.4) is 0 Å². The van der Waals surface area contributed by atoms with Crippen LogP contribution in [0.5, 0.6) is 0 Å². The summed E-state index contributed by atoms with van der Waals surface area (Å²) in [5, 5.41) is 2.93. The van der Waals surface area contributed by atoms with Gasteiger partial charge in [0, 0.05) is 48.0 Å². The SMILES string of the molecule is CCCCC=CCCCCC(OC(C)=O)C(OC(C)=O)C(COC1OC(COC(C)=O)C(OC(C)=O)C(OC(C)=O)C1OC(C)=O)NC(=O)CCCCCCCCCCCC. The highest BCUT2D eigenvalue weighted by molar-refractivity contribution is 5.76. The summed E-state index contributed by atoms with van der Waals surface area (Å²) in [5.74, 6) is -4.83. The monoisotopic (exact) mass is 870 g/mol. The number of allylic oxidation sites excluding steroid dienone is 2. The summed E-state index contributed by atoms with van der Waals surface area (Å²) in [6, 6.07) is -1.15. The number of unbranched alkanes of at least 4 members (excludes halogenated alkanes) is 13. The highest BCUT2D eigenvalue weighted by Gasteiger charge is 2.53. The van der Waals surface area contributed by atoms with Crippen LogP contribution in [0.1, 0.15) is 171 Å². The van der Waals surface area contributed by atoms with Crippen LogP contribution in [0.15, 0.2) is 12.2 Å². The number of ether oxygens (including phenoxy) is 8. The predicted octanol–water partition coefficient (Wildman–Crippen LogP) is 7.05. The third kappa shape index (κ3) is 25.5. The van der Waals surface area contributed by atoms with Gasteiger partial charge in [0.15, 0.2) is 30.7 Å². The fourth-order valence-corrected chi connectivity index (χ4v) is 7.07. The molecule has 1 fully saturated rings. The Morgan fingerprint density at radius 2 is 1.10 bits per heavy atom. The number of rotatable bonds is 32. The first-order chi connectivity index (χ1) is 29.1. The highest BCUT2D eigenvalue weighted by Crippen LogP contribution is 2.31. The summed E-state index contributed by atoms with van der Waals surface area (Å²) in [6.45, 7) is 10.3. The van der Waals surface area contributed by atoms with E-state index in [4.69, 9.17) is 37.9 Å². The molecule has 16 nitrogen and oxygen atoms in total. The Kier molecular flexibility index (Phi) is 29.4. The second kappa shape index (κ2) is 32.6. The van der Waals surface area contributed by atoms with Gasteiger partial charge >= 0.3 is 35.8 Å². The fourth-order valence-electron chi connectivity index (χ4n) is 7.07. The van der Waals surface area contributed by atoms with Crippen molar-refractivity contribution in [1.82, 2.24) is 5.32 Å². The van der Waals surface area contributed by atoms with E-state index in [1.54, 1.807) is 0 Å². The lowest BCUT2D eigenvalue weighted by Crippen LogP contribution is -2.63. The lowest BCUT2D eigenvalue weighted by molar-refractivity contribution is -0.310. The van der Waals surface area contributed by atoms with Crippen LogP contribution in [-0.2, 0) is 71.5 Å². The molecular formula is C45H75NO15. The van der Waals surface area contributed by atoms with Crippen LogP contribution in [-0.4, -0.2) is 104 Å². The topological polar surface area (TPSA) is 205 Å². The molecule has 0 saturated carbocycles. The van der Waals surface area contributed by atoms with E-state index in [0.717, 1.165) is 85.5 Å². The molecule has 1 N–H and O–H groups in total. The zero-order valence-electron chi connectivity index (χ0n) is 38.0. The number of carbonyl (C=O) groups is 7. The van der Waals surface area contributed by atoms with Crippen molar-refractivity contribution in [3.63, 3.8) is 0 Å². The number of esters is 6. The molecule has 0 aromatic carbocycles. The summed E-state index contributed by atoms with van der Waals surface area (Å²) in [4.78, 5) is 87.7. The standard InChI is InChI=1S/C45H75NO15/c1-9-11-13-15-17-19-20-22-24-26-28-40(53)46-37(41(57-33(5)49)38(56-32(4)48)27-25-23-21-18-16-14-12-10-2)29-55-45-44(60-36(8)52)43(59-35(7)51)42(58-34(6)50)39(61-45)30-54-31(3)47/h16,18,37-39,41-45H,9-15,17,19-30H2,1-8H3,(H,46,53). The van der Waals surface area contributed by atoms with Gasteiger partial charge in [0.05, 0.1) is 12.6 Å². The molecule has 1 aliphatic rings. The normalized spacial score (nSPS) is 20.2. The van der Waals surface area contributed by atoms with Gasteiger partial charge in [0.1, 0.15) is 18.8 Å². The zero-order chi connectivity index (χ0) is 45.6. The lowest BCUT2D eigenvalue weighted by atomic mass is 9.97. The first-order valence-corrected chi connectivity index (χ1v) is 22.3. The second-order valence-electron chi connectivity index (χ2n) is 15.6. The lowest BCUT2D eigenvalue weighted by Gasteiger charge is -2.44. The molecule has 0 aliphatic carbocycles. The van der Waals surface area contributed by atoms with Gasteiger partial charge in [0.25, 0.3) is 0 Å². The van der Waals surface area contributed by atoms with E-state index >= 15 is 0 Å². The van der Waals surface area contributed by atoms with Gasteiger partial charge in [-0.2, -0.15) is 0 Å². The molecule has 1 heterocycles. The largest absolute Gasteiger partial charge is 0.463 e. The van der Waals surface area contributed by atoms with Crippen LogP contribution in [0.25, 0.3) is 0 Å². The van der Waals surface area contributed by atoms with Gasteiger partial charge in [-0.15, -0.1) is 0 Å². The summed E-state index contributed by atoms with van der Waals surface area (Å²) in [7, 11) is 0. The number of nitrogens with one attached hydrogen (secondary N) is 1. The Balaban J connectivity index is 3.50. The first kappa shape index (κ1) is 55.0. The Morgan fingerprint density at radius 1 is 0.574 bits per heavy atom. The molecule has 1 saturated heterocycles. The summed E-state index contributed by atoms with van der Waals surface area (Å²) >= 11 is 0. The number of amides is 1. The average Bonchev–Trinajstić information content (AvgIpc) is 3.17. The van der Waals surface area contributed by atoms with Crippen LogP contribution >= 0.6 is 0 Å².